The van der Waals surface area contributed by atoms with E-state index in [0.717, 1.165) is 11.0 Å². The molecule has 1 saturated carbocycles. The second kappa shape index (κ2) is 4.38. The van der Waals surface area contributed by atoms with Gasteiger partial charge in [-0.15, -0.1) is 0 Å². The van der Waals surface area contributed by atoms with E-state index in [1.54, 1.807) is 0 Å². The fourth-order valence-corrected chi connectivity index (χ4v) is 3.35. The summed E-state index contributed by atoms with van der Waals surface area (Å²) in [5, 5.41) is 9.01. The largest absolute Gasteiger partial charge is 0.331 e. The molecule has 3 heteroatoms. The van der Waals surface area contributed by atoms with E-state index in [9.17, 15) is 0 Å². The predicted octanol–water partition coefficient (Wildman–Crippen LogP) is 3.67. The number of nitriles is 1. The summed E-state index contributed by atoms with van der Waals surface area (Å²) in [6.07, 6.45) is 6.37. The zero-order valence-corrected chi connectivity index (χ0v) is 11.6. The Kier molecular flexibility index (Phi) is 2.82. The highest BCUT2D eigenvalue weighted by atomic mass is 15.1. The van der Waals surface area contributed by atoms with E-state index in [-0.39, 0.29) is 5.41 Å². The van der Waals surface area contributed by atoms with Crippen molar-refractivity contribution in [3.8, 4) is 6.07 Å². The zero-order chi connectivity index (χ0) is 13.5. The summed E-state index contributed by atoms with van der Waals surface area (Å²) in [6, 6.07) is 7.96. The van der Waals surface area contributed by atoms with Gasteiger partial charge in [-0.2, -0.15) is 5.26 Å². The molecule has 0 spiro atoms. The van der Waals surface area contributed by atoms with Crippen LogP contribution in [0.15, 0.2) is 18.2 Å². The van der Waals surface area contributed by atoms with Crippen LogP contribution in [-0.2, 0) is 12.5 Å². The lowest BCUT2D eigenvalue weighted by Crippen LogP contribution is -2.28. The van der Waals surface area contributed by atoms with Crippen molar-refractivity contribution in [3.63, 3.8) is 0 Å². The molecule has 1 fully saturated rings. The van der Waals surface area contributed by atoms with E-state index in [1.165, 1.54) is 37.9 Å². The maximum atomic E-state index is 9.01. The lowest BCUT2D eigenvalue weighted by Gasteiger charge is -2.32. The van der Waals surface area contributed by atoms with Gasteiger partial charge in [-0.3, -0.25) is 0 Å². The summed E-state index contributed by atoms with van der Waals surface area (Å²) < 4.78 is 2.18. The molecule has 0 atom stereocenters. The maximum absolute atomic E-state index is 9.01. The lowest BCUT2D eigenvalue weighted by molar-refractivity contribution is 0.299. The van der Waals surface area contributed by atoms with Gasteiger partial charge < -0.3 is 4.57 Å². The van der Waals surface area contributed by atoms with Gasteiger partial charge >= 0.3 is 0 Å². The van der Waals surface area contributed by atoms with Gasteiger partial charge in [0.05, 0.1) is 22.7 Å². The van der Waals surface area contributed by atoms with Crippen molar-refractivity contribution in [2.45, 2.75) is 44.4 Å². The predicted molar refractivity (Wildman–Crippen MR) is 75.9 cm³/mol. The number of benzene rings is 1. The maximum Gasteiger partial charge on any atom is 0.115 e. The Morgan fingerprint density at radius 1 is 1.26 bits per heavy atom. The van der Waals surface area contributed by atoms with Crippen LogP contribution in [0, 0.1) is 11.3 Å². The van der Waals surface area contributed by atoms with Gasteiger partial charge in [-0.1, -0.05) is 26.2 Å². The summed E-state index contributed by atoms with van der Waals surface area (Å²) in [4.78, 5) is 4.84. The molecule has 1 heterocycles. The van der Waals surface area contributed by atoms with Crippen LogP contribution < -0.4 is 0 Å². The fraction of sp³-hybridized carbons (Fsp3) is 0.500. The quantitative estimate of drug-likeness (QED) is 0.778. The molecule has 1 aliphatic carbocycles. The van der Waals surface area contributed by atoms with Gasteiger partial charge in [-0.05, 0) is 31.0 Å². The van der Waals surface area contributed by atoms with E-state index >= 15 is 0 Å². The average molecular weight is 253 g/mol. The average Bonchev–Trinajstić information content (AvgIpc) is 2.77. The number of fused-ring (bicyclic) bond motifs is 1. The molecule has 0 bridgehead atoms. The van der Waals surface area contributed by atoms with E-state index in [1.807, 2.05) is 18.2 Å². The first-order chi connectivity index (χ1) is 9.14. The number of aryl methyl sites for hydroxylation is 1. The van der Waals surface area contributed by atoms with Crippen molar-refractivity contribution in [1.82, 2.24) is 9.55 Å². The van der Waals surface area contributed by atoms with E-state index < -0.39 is 0 Å². The van der Waals surface area contributed by atoms with E-state index in [2.05, 4.69) is 24.6 Å². The lowest BCUT2D eigenvalue weighted by atomic mass is 9.75. The smallest absolute Gasteiger partial charge is 0.115 e. The molecular formula is C16H19N3. The van der Waals surface area contributed by atoms with Crippen molar-refractivity contribution >= 4 is 11.0 Å². The molecule has 3 nitrogen and oxygen atoms in total. The Labute approximate surface area is 113 Å². The van der Waals surface area contributed by atoms with Crippen molar-refractivity contribution in [2.24, 2.45) is 7.05 Å². The Morgan fingerprint density at radius 2 is 2.00 bits per heavy atom. The summed E-state index contributed by atoms with van der Waals surface area (Å²) in [5.74, 6) is 1.18. The molecule has 0 unspecified atom stereocenters. The summed E-state index contributed by atoms with van der Waals surface area (Å²) in [7, 11) is 2.08. The van der Waals surface area contributed by atoms with Gasteiger partial charge in [0.25, 0.3) is 0 Å². The molecule has 0 radical (unpaired) electrons. The van der Waals surface area contributed by atoms with Crippen molar-refractivity contribution in [3.05, 3.63) is 29.6 Å². The molecule has 1 aliphatic rings. The molecule has 0 saturated heterocycles. The summed E-state index contributed by atoms with van der Waals surface area (Å²) in [6.45, 7) is 2.33. The third-order valence-electron chi connectivity index (χ3n) is 4.51. The van der Waals surface area contributed by atoms with Gasteiger partial charge in [-0.25, -0.2) is 4.98 Å². The second-order valence-electron chi connectivity index (χ2n) is 5.93. The molecule has 3 rings (SSSR count). The number of hydrogen-bond acceptors (Lipinski definition) is 2. The minimum Gasteiger partial charge on any atom is -0.331 e. The SMILES string of the molecule is Cn1c(C2(C)CCCCC2)nc2ccc(C#N)cc21. The topological polar surface area (TPSA) is 41.6 Å². The highest BCUT2D eigenvalue weighted by molar-refractivity contribution is 5.78. The first-order valence-corrected chi connectivity index (χ1v) is 7.01. The summed E-state index contributed by atoms with van der Waals surface area (Å²) >= 11 is 0. The molecule has 98 valence electrons. The van der Waals surface area contributed by atoms with Crippen LogP contribution in [0.25, 0.3) is 11.0 Å². The number of nitrogens with zero attached hydrogens (tertiary/aromatic N) is 3. The Bertz CT molecular complexity index is 654. The third-order valence-corrected chi connectivity index (χ3v) is 4.51. The number of imidazole rings is 1. The Balaban J connectivity index is 2.14. The molecular weight excluding hydrogens is 234 g/mol. The number of hydrogen-bond donors (Lipinski definition) is 0. The van der Waals surface area contributed by atoms with E-state index in [4.69, 9.17) is 10.2 Å². The van der Waals surface area contributed by atoms with Crippen LogP contribution in [0.5, 0.6) is 0 Å². The first-order valence-electron chi connectivity index (χ1n) is 7.01. The minimum absolute atomic E-state index is 0.193. The zero-order valence-electron chi connectivity index (χ0n) is 11.6. The normalized spacial score (nSPS) is 18.4. The number of aromatic nitrogens is 2. The minimum atomic E-state index is 0.193. The van der Waals surface area contributed by atoms with Crippen LogP contribution in [-0.4, -0.2) is 9.55 Å². The fourth-order valence-electron chi connectivity index (χ4n) is 3.35. The van der Waals surface area contributed by atoms with Crippen molar-refractivity contribution in [2.75, 3.05) is 0 Å². The van der Waals surface area contributed by atoms with Gasteiger partial charge in [0.15, 0.2) is 0 Å². The molecule has 1 aromatic heterocycles. The monoisotopic (exact) mass is 253 g/mol. The Morgan fingerprint density at radius 3 is 2.68 bits per heavy atom. The third kappa shape index (κ3) is 1.92. The van der Waals surface area contributed by atoms with Gasteiger partial charge in [0, 0.05) is 12.5 Å². The molecule has 0 aliphatic heterocycles. The van der Waals surface area contributed by atoms with Gasteiger partial charge in [0.1, 0.15) is 5.82 Å². The Hall–Kier alpha value is -1.82. The van der Waals surface area contributed by atoms with Crippen LogP contribution in [0.2, 0.25) is 0 Å². The van der Waals surface area contributed by atoms with Gasteiger partial charge in [0.2, 0.25) is 0 Å². The van der Waals surface area contributed by atoms with Crippen LogP contribution in [0.1, 0.15) is 50.4 Å². The molecule has 2 aromatic rings. The highest BCUT2D eigenvalue weighted by Crippen LogP contribution is 2.39. The molecule has 0 N–H and O–H groups in total. The van der Waals surface area contributed by atoms with Crippen LogP contribution >= 0.6 is 0 Å². The van der Waals surface area contributed by atoms with E-state index in [0.29, 0.717) is 5.56 Å². The van der Waals surface area contributed by atoms with Crippen molar-refractivity contribution < 1.29 is 0 Å². The second-order valence-corrected chi connectivity index (χ2v) is 5.93. The standard InChI is InChI=1S/C16H19N3/c1-16(8-4-3-5-9-16)15-18-13-7-6-12(11-17)10-14(13)19(15)2/h6-7,10H,3-5,8-9H2,1-2H3. The highest BCUT2D eigenvalue weighted by Gasteiger charge is 2.33. The molecule has 19 heavy (non-hydrogen) atoms. The van der Waals surface area contributed by atoms with Crippen molar-refractivity contribution in [1.29, 1.82) is 5.26 Å². The number of rotatable bonds is 1. The molecule has 1 aromatic carbocycles. The summed E-state index contributed by atoms with van der Waals surface area (Å²) in [5.41, 5.74) is 2.97. The first kappa shape index (κ1) is 12.2. The van der Waals surface area contributed by atoms with Crippen LogP contribution in [0.3, 0.4) is 0 Å². The van der Waals surface area contributed by atoms with Crippen LogP contribution in [0.4, 0.5) is 0 Å². The molecule has 0 amide bonds.